The van der Waals surface area contributed by atoms with Crippen LogP contribution in [0, 0.1) is 0 Å². The summed E-state index contributed by atoms with van der Waals surface area (Å²) in [5.74, 6) is 1.03. The van der Waals surface area contributed by atoms with Crippen molar-refractivity contribution >= 4 is 11.6 Å². The molecule has 0 aliphatic carbocycles. The van der Waals surface area contributed by atoms with Gasteiger partial charge in [0.25, 0.3) is 0 Å². The Morgan fingerprint density at radius 3 is 2.40 bits per heavy atom. The predicted molar refractivity (Wildman–Crippen MR) is 128 cm³/mol. The molecule has 1 unspecified atom stereocenters. The minimum atomic E-state index is 0.448. The number of aliphatic imine (C=N–C) groups is 1. The molecule has 0 aromatic heterocycles. The van der Waals surface area contributed by atoms with Crippen molar-refractivity contribution < 1.29 is 0 Å². The van der Waals surface area contributed by atoms with Crippen molar-refractivity contribution in [1.82, 2.24) is 9.80 Å². The lowest BCUT2D eigenvalue weighted by Crippen LogP contribution is -2.28. The number of nitrogens with zero attached hydrogens (tertiary/aromatic N) is 3. The van der Waals surface area contributed by atoms with Crippen molar-refractivity contribution in [3.8, 4) is 0 Å². The second-order valence-corrected chi connectivity index (χ2v) is 8.51. The van der Waals surface area contributed by atoms with Crippen LogP contribution in [0.2, 0.25) is 0 Å². The minimum Gasteiger partial charge on any atom is -0.370 e. The number of guanidine groups is 1. The first-order valence-electron chi connectivity index (χ1n) is 11.2. The van der Waals surface area contributed by atoms with E-state index < -0.39 is 0 Å². The monoisotopic (exact) mass is 407 g/mol. The molecule has 1 saturated heterocycles. The number of hydrogen-bond acceptors (Lipinski definition) is 3. The van der Waals surface area contributed by atoms with Crippen molar-refractivity contribution in [2.45, 2.75) is 45.7 Å². The molecule has 1 fully saturated rings. The maximum atomic E-state index is 6.09. The molecule has 2 aromatic rings. The van der Waals surface area contributed by atoms with Gasteiger partial charge in [-0.3, -0.25) is 4.90 Å². The summed E-state index contributed by atoms with van der Waals surface area (Å²) in [4.78, 5) is 9.46. The van der Waals surface area contributed by atoms with Gasteiger partial charge in [0.15, 0.2) is 5.96 Å². The first kappa shape index (κ1) is 22.3. The van der Waals surface area contributed by atoms with Crippen molar-refractivity contribution in [2.75, 3.05) is 38.5 Å². The number of rotatable bonds is 7. The maximum Gasteiger partial charge on any atom is 0.193 e. The molecule has 0 radical (unpaired) electrons. The summed E-state index contributed by atoms with van der Waals surface area (Å²) in [6, 6.07) is 17.2. The minimum absolute atomic E-state index is 0.448. The fourth-order valence-corrected chi connectivity index (χ4v) is 3.76. The summed E-state index contributed by atoms with van der Waals surface area (Å²) in [5.41, 5.74) is 10.9. The first-order valence-corrected chi connectivity index (χ1v) is 11.2. The molecule has 3 N–H and O–H groups in total. The van der Waals surface area contributed by atoms with Crippen LogP contribution in [-0.2, 0) is 13.1 Å². The molecule has 0 saturated carbocycles. The summed E-state index contributed by atoms with van der Waals surface area (Å²) < 4.78 is 0. The van der Waals surface area contributed by atoms with Gasteiger partial charge in [-0.15, -0.1) is 0 Å². The molecule has 1 heterocycles. The summed E-state index contributed by atoms with van der Waals surface area (Å²) in [5, 5.41) is 3.19. The van der Waals surface area contributed by atoms with Gasteiger partial charge in [0.2, 0.25) is 0 Å². The number of hydrogen-bond donors (Lipinski definition) is 2. The molecule has 2 aromatic carbocycles. The molecular formula is C25H37N5. The van der Waals surface area contributed by atoms with Crippen LogP contribution in [0.1, 0.15) is 49.3 Å². The highest BCUT2D eigenvalue weighted by molar-refractivity contribution is 5.92. The quantitative estimate of drug-likeness (QED) is 0.532. The highest BCUT2D eigenvalue weighted by Gasteiger charge is 2.12. The van der Waals surface area contributed by atoms with Crippen molar-refractivity contribution in [1.29, 1.82) is 0 Å². The van der Waals surface area contributed by atoms with E-state index in [-0.39, 0.29) is 0 Å². The Hall–Kier alpha value is -2.37. The third-order valence-electron chi connectivity index (χ3n) is 6.04. The van der Waals surface area contributed by atoms with E-state index in [0.717, 1.165) is 31.7 Å². The SMILES string of the molecule is CCC(C)c1ccc(NC(N)=NCc2ccc(CN3CCCN(C)CC3)cc2)cc1. The summed E-state index contributed by atoms with van der Waals surface area (Å²) in [7, 11) is 2.21. The predicted octanol–water partition coefficient (Wildman–Crippen LogP) is 4.26. The van der Waals surface area contributed by atoms with E-state index in [2.05, 4.69) is 89.5 Å². The van der Waals surface area contributed by atoms with Crippen LogP contribution in [0.4, 0.5) is 5.69 Å². The largest absolute Gasteiger partial charge is 0.370 e. The highest BCUT2D eigenvalue weighted by atomic mass is 15.2. The fourth-order valence-electron chi connectivity index (χ4n) is 3.76. The standard InChI is InChI=1S/C25H37N5/c1-4-20(2)23-10-12-24(13-11-23)28-25(26)27-18-21-6-8-22(9-7-21)19-30-15-5-14-29(3)16-17-30/h6-13,20H,4-5,14-19H2,1-3H3,(H3,26,27,28). The van der Waals surface area contributed by atoms with Crippen LogP contribution in [0.15, 0.2) is 53.5 Å². The number of nitrogens with one attached hydrogen (secondary N) is 1. The van der Waals surface area contributed by atoms with Gasteiger partial charge in [0.1, 0.15) is 0 Å². The Kier molecular flexibility index (Phi) is 8.29. The number of benzene rings is 2. The second-order valence-electron chi connectivity index (χ2n) is 8.51. The molecule has 1 aliphatic rings. The third-order valence-corrected chi connectivity index (χ3v) is 6.04. The van der Waals surface area contributed by atoms with E-state index in [1.165, 1.54) is 36.2 Å². The Bertz CT molecular complexity index is 797. The molecule has 30 heavy (non-hydrogen) atoms. The van der Waals surface area contributed by atoms with Gasteiger partial charge in [-0.1, -0.05) is 50.2 Å². The van der Waals surface area contributed by atoms with E-state index >= 15 is 0 Å². The van der Waals surface area contributed by atoms with Gasteiger partial charge in [0, 0.05) is 25.3 Å². The molecule has 3 rings (SSSR count). The lowest BCUT2D eigenvalue weighted by molar-refractivity contribution is 0.269. The average Bonchev–Trinajstić information content (AvgIpc) is 2.97. The summed E-state index contributed by atoms with van der Waals surface area (Å²) in [6.07, 6.45) is 2.39. The van der Waals surface area contributed by atoms with E-state index in [4.69, 9.17) is 5.73 Å². The molecule has 0 bridgehead atoms. The van der Waals surface area contributed by atoms with Crippen LogP contribution in [-0.4, -0.2) is 49.0 Å². The van der Waals surface area contributed by atoms with Crippen LogP contribution in [0.25, 0.3) is 0 Å². The molecule has 0 spiro atoms. The lowest BCUT2D eigenvalue weighted by atomic mass is 9.99. The van der Waals surface area contributed by atoms with Gasteiger partial charge in [0.05, 0.1) is 6.54 Å². The fraction of sp³-hybridized carbons (Fsp3) is 0.480. The number of nitrogens with two attached hydrogens (primary N) is 1. The normalized spacial score (nSPS) is 17.5. The average molecular weight is 408 g/mol. The van der Waals surface area contributed by atoms with E-state index in [9.17, 15) is 0 Å². The third kappa shape index (κ3) is 6.85. The van der Waals surface area contributed by atoms with Gasteiger partial charge in [-0.05, 0) is 67.7 Å². The van der Waals surface area contributed by atoms with Crippen molar-refractivity contribution in [3.63, 3.8) is 0 Å². The van der Waals surface area contributed by atoms with E-state index in [1.807, 2.05) is 0 Å². The zero-order valence-corrected chi connectivity index (χ0v) is 18.8. The maximum absolute atomic E-state index is 6.09. The van der Waals surface area contributed by atoms with Gasteiger partial charge >= 0.3 is 0 Å². The summed E-state index contributed by atoms with van der Waals surface area (Å²) in [6.45, 7) is 10.7. The summed E-state index contributed by atoms with van der Waals surface area (Å²) >= 11 is 0. The Labute approximate surface area is 182 Å². The van der Waals surface area contributed by atoms with E-state index in [0.29, 0.717) is 18.4 Å². The highest BCUT2D eigenvalue weighted by Crippen LogP contribution is 2.20. The van der Waals surface area contributed by atoms with Crippen LogP contribution < -0.4 is 11.1 Å². The van der Waals surface area contributed by atoms with Crippen molar-refractivity contribution in [3.05, 3.63) is 65.2 Å². The topological polar surface area (TPSA) is 56.9 Å². The van der Waals surface area contributed by atoms with Gasteiger partial charge in [-0.2, -0.15) is 0 Å². The van der Waals surface area contributed by atoms with Gasteiger partial charge in [-0.25, -0.2) is 4.99 Å². The molecular weight excluding hydrogens is 370 g/mol. The molecule has 5 nitrogen and oxygen atoms in total. The molecule has 1 aliphatic heterocycles. The van der Waals surface area contributed by atoms with Crippen LogP contribution >= 0.6 is 0 Å². The Morgan fingerprint density at radius 1 is 1.00 bits per heavy atom. The second kappa shape index (κ2) is 11.1. The van der Waals surface area contributed by atoms with Crippen molar-refractivity contribution in [2.24, 2.45) is 10.7 Å². The van der Waals surface area contributed by atoms with Gasteiger partial charge < -0.3 is 16.0 Å². The lowest BCUT2D eigenvalue weighted by Gasteiger charge is -2.20. The molecule has 1 atom stereocenters. The van der Waals surface area contributed by atoms with Crippen LogP contribution in [0.3, 0.4) is 0 Å². The molecule has 162 valence electrons. The number of likely N-dealkylation sites (N-methyl/N-ethyl adjacent to an activating group) is 1. The molecule has 0 amide bonds. The Morgan fingerprint density at radius 2 is 1.70 bits per heavy atom. The first-order chi connectivity index (χ1) is 14.5. The Balaban J connectivity index is 1.49. The zero-order chi connectivity index (χ0) is 21.3. The van der Waals surface area contributed by atoms with E-state index in [1.54, 1.807) is 0 Å². The van der Waals surface area contributed by atoms with Crippen LogP contribution in [0.5, 0.6) is 0 Å². The number of anilines is 1. The molecule has 5 heteroatoms. The zero-order valence-electron chi connectivity index (χ0n) is 18.8. The smallest absolute Gasteiger partial charge is 0.193 e.